The van der Waals surface area contributed by atoms with E-state index < -0.39 is 0 Å². The van der Waals surface area contributed by atoms with E-state index in [9.17, 15) is 9.59 Å². The second-order valence-electron chi connectivity index (χ2n) is 7.04. The number of carbonyl (C=O) groups is 2. The zero-order chi connectivity index (χ0) is 19.8. The Hall–Kier alpha value is -2.83. The number of nitrogens with two attached hydrogens (primary N) is 1. The number of amides is 2. The molecule has 28 heavy (non-hydrogen) atoms. The Morgan fingerprint density at radius 2 is 1.61 bits per heavy atom. The lowest BCUT2D eigenvalue weighted by Gasteiger charge is -2.28. The quantitative estimate of drug-likeness (QED) is 0.530. The zero-order valence-corrected chi connectivity index (χ0v) is 16.6. The first-order valence-electron chi connectivity index (χ1n) is 9.06. The van der Waals surface area contributed by atoms with Gasteiger partial charge < -0.3 is 10.6 Å². The normalized spacial score (nSPS) is 13.6. The van der Waals surface area contributed by atoms with Crippen LogP contribution in [0.4, 0.5) is 5.69 Å². The van der Waals surface area contributed by atoms with Crippen molar-refractivity contribution in [2.75, 3.05) is 32.9 Å². The summed E-state index contributed by atoms with van der Waals surface area (Å²) < 4.78 is 0. The van der Waals surface area contributed by atoms with Gasteiger partial charge in [-0.05, 0) is 49.8 Å². The largest absolute Gasteiger partial charge is 0.398 e. The van der Waals surface area contributed by atoms with Gasteiger partial charge in [0.15, 0.2) is 0 Å². The number of hydrogen-bond acceptors (Lipinski definition) is 5. The van der Waals surface area contributed by atoms with Crippen molar-refractivity contribution in [3.8, 4) is 0 Å². The van der Waals surface area contributed by atoms with Gasteiger partial charge in [0.2, 0.25) is 0 Å². The average Bonchev–Trinajstić information content (AvgIpc) is 2.68. The lowest BCUT2D eigenvalue weighted by Crippen LogP contribution is -2.43. The lowest BCUT2D eigenvalue weighted by molar-refractivity contribution is 0.0601. The maximum absolute atomic E-state index is 13.0. The van der Waals surface area contributed by atoms with Crippen LogP contribution < -0.4 is 5.73 Å². The van der Waals surface area contributed by atoms with Crippen LogP contribution >= 0.6 is 11.8 Å². The van der Waals surface area contributed by atoms with E-state index in [1.165, 1.54) is 4.90 Å². The van der Waals surface area contributed by atoms with Crippen molar-refractivity contribution in [1.82, 2.24) is 9.80 Å². The van der Waals surface area contributed by atoms with Crippen LogP contribution in [0.3, 0.4) is 0 Å². The SMILES string of the molecule is CN(C)CCN1C(=O)c2cccc3c(Sc4ccccc4N)ccc(c23)C1=O. The Labute approximate surface area is 168 Å². The third kappa shape index (κ3) is 3.15. The number of nitrogens with zero attached hydrogens (tertiary/aromatic N) is 2. The molecule has 3 aromatic rings. The molecule has 1 aliphatic heterocycles. The highest BCUT2D eigenvalue weighted by Gasteiger charge is 2.33. The number of anilines is 1. The van der Waals surface area contributed by atoms with E-state index in [-0.39, 0.29) is 11.8 Å². The number of carbonyl (C=O) groups excluding carboxylic acids is 2. The minimum atomic E-state index is -0.230. The number of rotatable bonds is 5. The van der Waals surface area contributed by atoms with Gasteiger partial charge in [0.1, 0.15) is 0 Å². The van der Waals surface area contributed by atoms with Gasteiger partial charge in [0.25, 0.3) is 11.8 Å². The molecule has 1 heterocycles. The summed E-state index contributed by atoms with van der Waals surface area (Å²) in [6, 6.07) is 17.1. The average molecular weight is 391 g/mol. The van der Waals surface area contributed by atoms with Crippen LogP contribution in [0, 0.1) is 0 Å². The summed E-state index contributed by atoms with van der Waals surface area (Å²) in [5.74, 6) is -0.461. The molecule has 0 fully saturated rings. The van der Waals surface area contributed by atoms with Crippen molar-refractivity contribution in [3.05, 3.63) is 65.7 Å². The Morgan fingerprint density at radius 1 is 0.893 bits per heavy atom. The molecular formula is C22H21N3O2S. The summed E-state index contributed by atoms with van der Waals surface area (Å²) in [4.78, 5) is 31.2. The molecule has 2 amide bonds. The van der Waals surface area contributed by atoms with Crippen LogP contribution in [0.2, 0.25) is 0 Å². The summed E-state index contributed by atoms with van der Waals surface area (Å²) in [5, 5.41) is 1.63. The second kappa shape index (κ2) is 7.30. The molecule has 3 aromatic carbocycles. The molecule has 2 N–H and O–H groups in total. The molecule has 0 aliphatic carbocycles. The highest BCUT2D eigenvalue weighted by molar-refractivity contribution is 7.99. The summed E-state index contributed by atoms with van der Waals surface area (Å²) >= 11 is 1.55. The minimum Gasteiger partial charge on any atom is -0.398 e. The molecule has 4 rings (SSSR count). The summed E-state index contributed by atoms with van der Waals surface area (Å²) in [6.07, 6.45) is 0. The van der Waals surface area contributed by atoms with E-state index in [1.54, 1.807) is 17.8 Å². The second-order valence-corrected chi connectivity index (χ2v) is 8.13. The Balaban J connectivity index is 1.80. The van der Waals surface area contributed by atoms with Gasteiger partial charge in [0, 0.05) is 45.1 Å². The van der Waals surface area contributed by atoms with Crippen LogP contribution in [-0.4, -0.2) is 48.8 Å². The molecule has 0 aromatic heterocycles. The zero-order valence-electron chi connectivity index (χ0n) is 15.8. The van der Waals surface area contributed by atoms with Crippen LogP contribution in [0.1, 0.15) is 20.7 Å². The number of para-hydroxylation sites is 1. The molecule has 0 radical (unpaired) electrons. The van der Waals surface area contributed by atoms with Crippen LogP contribution in [-0.2, 0) is 0 Å². The number of hydrogen-bond donors (Lipinski definition) is 1. The van der Waals surface area contributed by atoms with E-state index in [1.807, 2.05) is 67.5 Å². The van der Waals surface area contributed by atoms with Gasteiger partial charge in [-0.3, -0.25) is 14.5 Å². The fourth-order valence-electron chi connectivity index (χ4n) is 3.40. The lowest BCUT2D eigenvalue weighted by atomic mass is 9.94. The van der Waals surface area contributed by atoms with Crippen LogP contribution in [0.25, 0.3) is 10.8 Å². The molecule has 0 unspecified atom stereocenters. The first kappa shape index (κ1) is 18.5. The molecule has 0 spiro atoms. The molecule has 0 saturated carbocycles. The number of imide groups is 1. The third-order valence-electron chi connectivity index (χ3n) is 4.86. The Bertz CT molecular complexity index is 1070. The number of benzene rings is 3. The molecule has 6 heteroatoms. The monoisotopic (exact) mass is 391 g/mol. The van der Waals surface area contributed by atoms with Crippen molar-refractivity contribution >= 4 is 40.0 Å². The topological polar surface area (TPSA) is 66.6 Å². The molecule has 0 bridgehead atoms. The Morgan fingerprint density at radius 3 is 2.32 bits per heavy atom. The summed E-state index contributed by atoms with van der Waals surface area (Å²) in [6.45, 7) is 1.00. The van der Waals surface area contributed by atoms with E-state index in [2.05, 4.69) is 0 Å². The van der Waals surface area contributed by atoms with Crippen molar-refractivity contribution < 1.29 is 9.59 Å². The van der Waals surface area contributed by atoms with E-state index >= 15 is 0 Å². The highest BCUT2D eigenvalue weighted by Crippen LogP contribution is 2.40. The molecule has 0 atom stereocenters. The third-order valence-corrected chi connectivity index (χ3v) is 6.03. The van der Waals surface area contributed by atoms with E-state index in [0.717, 1.165) is 20.6 Å². The van der Waals surface area contributed by atoms with Crippen molar-refractivity contribution in [2.24, 2.45) is 0 Å². The fourth-order valence-corrected chi connectivity index (χ4v) is 4.39. The molecule has 5 nitrogen and oxygen atoms in total. The predicted molar refractivity (Wildman–Crippen MR) is 113 cm³/mol. The first-order chi connectivity index (χ1) is 13.5. The van der Waals surface area contributed by atoms with Gasteiger partial charge in [0.05, 0.1) is 0 Å². The van der Waals surface area contributed by atoms with Crippen LogP contribution in [0.5, 0.6) is 0 Å². The van der Waals surface area contributed by atoms with Gasteiger partial charge in [-0.2, -0.15) is 0 Å². The maximum Gasteiger partial charge on any atom is 0.261 e. The maximum atomic E-state index is 13.0. The standard InChI is InChI=1S/C22H21N3O2S/c1-24(2)12-13-25-21(26)15-7-5-6-14-18(11-10-16(20(14)15)22(25)27)28-19-9-4-3-8-17(19)23/h3-11H,12-13,23H2,1-2H3. The highest BCUT2D eigenvalue weighted by atomic mass is 32.2. The smallest absolute Gasteiger partial charge is 0.261 e. The van der Waals surface area contributed by atoms with Gasteiger partial charge in [-0.25, -0.2) is 0 Å². The van der Waals surface area contributed by atoms with E-state index in [4.69, 9.17) is 5.73 Å². The van der Waals surface area contributed by atoms with E-state index in [0.29, 0.717) is 29.9 Å². The molecular weight excluding hydrogens is 370 g/mol. The van der Waals surface area contributed by atoms with Gasteiger partial charge in [-0.1, -0.05) is 36.0 Å². The molecule has 0 saturated heterocycles. The van der Waals surface area contributed by atoms with Crippen LogP contribution in [0.15, 0.2) is 64.4 Å². The van der Waals surface area contributed by atoms with Crippen molar-refractivity contribution in [3.63, 3.8) is 0 Å². The first-order valence-corrected chi connectivity index (χ1v) is 9.88. The molecule has 1 aliphatic rings. The summed E-state index contributed by atoms with van der Waals surface area (Å²) in [5.41, 5.74) is 7.95. The van der Waals surface area contributed by atoms with Crippen molar-refractivity contribution in [2.45, 2.75) is 9.79 Å². The minimum absolute atomic E-state index is 0.230. The Kier molecular flexibility index (Phi) is 4.83. The van der Waals surface area contributed by atoms with Crippen molar-refractivity contribution in [1.29, 1.82) is 0 Å². The number of likely N-dealkylation sites (N-methyl/N-ethyl adjacent to an activating group) is 1. The van der Waals surface area contributed by atoms with Gasteiger partial charge in [-0.15, -0.1) is 0 Å². The number of nitrogen functional groups attached to an aromatic ring is 1. The summed E-state index contributed by atoms with van der Waals surface area (Å²) in [7, 11) is 3.85. The predicted octanol–water partition coefficient (Wildman–Crippen LogP) is 3.73. The van der Waals surface area contributed by atoms with Gasteiger partial charge >= 0.3 is 0 Å². The molecule has 142 valence electrons. The fraction of sp³-hybridized carbons (Fsp3) is 0.182.